The largest absolute Gasteiger partial charge is 0.355 e. The Morgan fingerprint density at radius 2 is 2.20 bits per heavy atom. The van der Waals surface area contributed by atoms with Gasteiger partial charge in [0.1, 0.15) is 17.4 Å². The van der Waals surface area contributed by atoms with Crippen molar-refractivity contribution in [1.29, 1.82) is 0 Å². The van der Waals surface area contributed by atoms with Gasteiger partial charge in [-0.25, -0.2) is 9.97 Å². The van der Waals surface area contributed by atoms with Gasteiger partial charge in [0.2, 0.25) is 5.91 Å². The van der Waals surface area contributed by atoms with Crippen molar-refractivity contribution in [3.63, 3.8) is 0 Å². The number of imidazole rings is 1. The summed E-state index contributed by atoms with van der Waals surface area (Å²) in [6.45, 7) is 6.29. The van der Waals surface area contributed by atoms with E-state index < -0.39 is 0 Å². The smallest absolute Gasteiger partial charge is 0.242 e. The average Bonchev–Trinajstić information content (AvgIpc) is 2.76. The van der Waals surface area contributed by atoms with Gasteiger partial charge < -0.3 is 9.88 Å². The van der Waals surface area contributed by atoms with E-state index in [1.165, 1.54) is 0 Å². The summed E-state index contributed by atoms with van der Waals surface area (Å²) < 4.78 is 1.88. The van der Waals surface area contributed by atoms with Gasteiger partial charge in [-0.05, 0) is 32.9 Å². The molecule has 6 heteroatoms. The number of carbonyl (C=O) groups is 1. The Bertz CT molecular complexity index is 623. The molecule has 0 aliphatic rings. The molecule has 1 N–H and O–H groups in total. The number of aryl methyl sites for hydroxylation is 2. The van der Waals surface area contributed by atoms with Crippen LogP contribution in [0, 0.1) is 6.92 Å². The first-order valence-corrected chi connectivity index (χ1v) is 7.30. The molecule has 2 rings (SSSR count). The van der Waals surface area contributed by atoms with Crippen LogP contribution in [0.15, 0.2) is 12.1 Å². The molecule has 108 valence electrons. The van der Waals surface area contributed by atoms with Crippen LogP contribution in [-0.2, 0) is 11.2 Å². The van der Waals surface area contributed by atoms with E-state index in [2.05, 4.69) is 15.3 Å². The van der Waals surface area contributed by atoms with Crippen molar-refractivity contribution in [2.24, 2.45) is 0 Å². The Labute approximate surface area is 123 Å². The topological polar surface area (TPSA) is 59.8 Å². The van der Waals surface area contributed by atoms with Crippen molar-refractivity contribution in [3.8, 4) is 0 Å². The van der Waals surface area contributed by atoms with Crippen LogP contribution >= 0.6 is 11.6 Å². The number of hydrogen-bond donors (Lipinski definition) is 1. The van der Waals surface area contributed by atoms with E-state index in [9.17, 15) is 4.79 Å². The quantitative estimate of drug-likeness (QED) is 0.860. The van der Waals surface area contributed by atoms with Gasteiger partial charge in [0.15, 0.2) is 5.65 Å². The van der Waals surface area contributed by atoms with Gasteiger partial charge in [-0.2, -0.15) is 0 Å². The zero-order valence-electron chi connectivity index (χ0n) is 12.0. The number of aromatic nitrogens is 3. The van der Waals surface area contributed by atoms with Crippen LogP contribution in [0.25, 0.3) is 11.2 Å². The predicted octanol–water partition coefficient (Wildman–Crippen LogP) is 2.22. The molecule has 0 radical (unpaired) electrons. The van der Waals surface area contributed by atoms with Crippen molar-refractivity contribution in [2.75, 3.05) is 12.4 Å². The summed E-state index contributed by atoms with van der Waals surface area (Å²) in [4.78, 5) is 21.2. The second kappa shape index (κ2) is 6.22. The number of amides is 1. The molecular formula is C14H19ClN4O. The monoisotopic (exact) mass is 294 g/mol. The molecule has 0 saturated carbocycles. The van der Waals surface area contributed by atoms with E-state index in [4.69, 9.17) is 11.6 Å². The van der Waals surface area contributed by atoms with Crippen LogP contribution < -0.4 is 5.32 Å². The van der Waals surface area contributed by atoms with E-state index in [0.717, 1.165) is 22.7 Å². The molecule has 5 nitrogen and oxygen atoms in total. The molecule has 0 spiro atoms. The Morgan fingerprint density at radius 1 is 1.45 bits per heavy atom. The van der Waals surface area contributed by atoms with E-state index in [1.54, 1.807) is 0 Å². The van der Waals surface area contributed by atoms with Crippen LogP contribution in [0.4, 0.5) is 0 Å². The highest BCUT2D eigenvalue weighted by atomic mass is 35.5. The highest BCUT2D eigenvalue weighted by molar-refractivity contribution is 6.17. The standard InChI is InChI=1S/C14H19ClN4O/c1-4-16-14(20)10(3)19-12(7-8-15)18-11-6-5-9(2)17-13(11)19/h5-6,10H,4,7-8H2,1-3H3,(H,16,20). The fourth-order valence-electron chi connectivity index (χ4n) is 2.22. The van der Waals surface area contributed by atoms with Gasteiger partial charge in [0.25, 0.3) is 0 Å². The maximum absolute atomic E-state index is 12.1. The van der Waals surface area contributed by atoms with Gasteiger partial charge >= 0.3 is 0 Å². The lowest BCUT2D eigenvalue weighted by molar-refractivity contribution is -0.123. The molecule has 2 aromatic heterocycles. The first-order valence-electron chi connectivity index (χ1n) is 6.76. The molecule has 1 amide bonds. The van der Waals surface area contributed by atoms with E-state index >= 15 is 0 Å². The summed E-state index contributed by atoms with van der Waals surface area (Å²) in [6.07, 6.45) is 0.612. The molecule has 0 aliphatic heterocycles. The summed E-state index contributed by atoms with van der Waals surface area (Å²) in [5.41, 5.74) is 2.44. The number of pyridine rings is 1. The Morgan fingerprint density at radius 3 is 2.85 bits per heavy atom. The lowest BCUT2D eigenvalue weighted by Gasteiger charge is -2.16. The molecule has 0 bridgehead atoms. The van der Waals surface area contributed by atoms with E-state index in [0.29, 0.717) is 18.8 Å². The molecule has 0 saturated heterocycles. The molecule has 0 aromatic carbocycles. The summed E-state index contributed by atoms with van der Waals surface area (Å²) in [7, 11) is 0. The first kappa shape index (κ1) is 14.8. The van der Waals surface area contributed by atoms with Gasteiger partial charge in [0, 0.05) is 24.5 Å². The summed E-state index contributed by atoms with van der Waals surface area (Å²) in [6, 6.07) is 3.49. The fourth-order valence-corrected chi connectivity index (χ4v) is 2.39. The molecule has 2 aromatic rings. The third-order valence-electron chi connectivity index (χ3n) is 3.19. The Kier molecular flexibility index (Phi) is 4.60. The highest BCUT2D eigenvalue weighted by Crippen LogP contribution is 2.21. The van der Waals surface area contributed by atoms with Crippen molar-refractivity contribution in [1.82, 2.24) is 19.9 Å². The Balaban J connectivity index is 2.55. The maximum Gasteiger partial charge on any atom is 0.242 e. The fraction of sp³-hybridized carbons (Fsp3) is 0.500. The third kappa shape index (κ3) is 2.77. The van der Waals surface area contributed by atoms with Crippen LogP contribution in [0.2, 0.25) is 0 Å². The number of rotatable bonds is 5. The molecule has 20 heavy (non-hydrogen) atoms. The first-order chi connectivity index (χ1) is 9.58. The highest BCUT2D eigenvalue weighted by Gasteiger charge is 2.21. The molecule has 1 unspecified atom stereocenters. The normalized spacial score (nSPS) is 12.6. The van der Waals surface area contributed by atoms with Crippen LogP contribution in [0.5, 0.6) is 0 Å². The Hall–Kier alpha value is -1.62. The lowest BCUT2D eigenvalue weighted by atomic mass is 10.2. The summed E-state index contributed by atoms with van der Waals surface area (Å²) in [5.74, 6) is 1.22. The zero-order valence-corrected chi connectivity index (χ0v) is 12.7. The number of likely N-dealkylation sites (N-methyl/N-ethyl adjacent to an activating group) is 1. The number of hydrogen-bond acceptors (Lipinski definition) is 3. The van der Waals surface area contributed by atoms with Crippen LogP contribution in [0.3, 0.4) is 0 Å². The maximum atomic E-state index is 12.1. The number of alkyl halides is 1. The molecule has 0 aliphatic carbocycles. The molecule has 1 atom stereocenters. The van der Waals surface area contributed by atoms with Crippen LogP contribution in [-0.4, -0.2) is 32.9 Å². The van der Waals surface area contributed by atoms with Gasteiger partial charge in [-0.3, -0.25) is 4.79 Å². The van der Waals surface area contributed by atoms with E-state index in [-0.39, 0.29) is 11.9 Å². The minimum Gasteiger partial charge on any atom is -0.355 e. The van der Waals surface area contributed by atoms with Gasteiger partial charge in [0.05, 0.1) is 0 Å². The third-order valence-corrected chi connectivity index (χ3v) is 3.37. The minimum atomic E-state index is -0.354. The predicted molar refractivity (Wildman–Crippen MR) is 80.1 cm³/mol. The van der Waals surface area contributed by atoms with Gasteiger partial charge in [-0.1, -0.05) is 0 Å². The average molecular weight is 295 g/mol. The van der Waals surface area contributed by atoms with E-state index in [1.807, 2.05) is 37.5 Å². The number of fused-ring (bicyclic) bond motifs is 1. The number of carbonyl (C=O) groups excluding carboxylic acids is 1. The summed E-state index contributed by atoms with van der Waals surface area (Å²) in [5, 5.41) is 2.83. The number of nitrogens with one attached hydrogen (secondary N) is 1. The van der Waals surface area contributed by atoms with Crippen molar-refractivity contribution >= 4 is 28.7 Å². The molecular weight excluding hydrogens is 276 g/mol. The molecule has 2 heterocycles. The number of halogens is 1. The number of nitrogens with zero attached hydrogens (tertiary/aromatic N) is 3. The second-order valence-corrected chi connectivity index (χ2v) is 5.08. The van der Waals surface area contributed by atoms with Crippen molar-refractivity contribution < 1.29 is 4.79 Å². The zero-order chi connectivity index (χ0) is 14.7. The van der Waals surface area contributed by atoms with Crippen molar-refractivity contribution in [2.45, 2.75) is 33.2 Å². The van der Waals surface area contributed by atoms with Gasteiger partial charge in [-0.15, -0.1) is 11.6 Å². The van der Waals surface area contributed by atoms with Crippen LogP contribution in [0.1, 0.15) is 31.4 Å². The summed E-state index contributed by atoms with van der Waals surface area (Å²) >= 11 is 5.84. The van der Waals surface area contributed by atoms with Crippen molar-refractivity contribution in [3.05, 3.63) is 23.7 Å². The second-order valence-electron chi connectivity index (χ2n) is 4.70. The molecule has 0 fully saturated rings. The lowest BCUT2D eigenvalue weighted by Crippen LogP contribution is -2.31. The minimum absolute atomic E-state index is 0.0362. The SMILES string of the molecule is CCNC(=O)C(C)n1c(CCCl)nc2ccc(C)nc21.